The molecule has 0 saturated carbocycles. The second-order valence-electron chi connectivity index (χ2n) is 4.72. The molecule has 0 aliphatic heterocycles. The molecule has 0 amide bonds. The Morgan fingerprint density at radius 1 is 1.19 bits per heavy atom. The van der Waals surface area contributed by atoms with Crippen LogP contribution in [0.5, 0.6) is 0 Å². The molecule has 0 spiro atoms. The molecule has 0 aliphatic carbocycles. The number of rotatable bonds is 3. The van der Waals surface area contributed by atoms with Crippen LogP contribution in [0.2, 0.25) is 0 Å². The van der Waals surface area contributed by atoms with Gasteiger partial charge in [-0.3, -0.25) is 5.43 Å². The molecule has 3 aromatic rings. The zero-order valence-electron chi connectivity index (χ0n) is 11.6. The van der Waals surface area contributed by atoms with Gasteiger partial charge in [0.25, 0.3) is 0 Å². The van der Waals surface area contributed by atoms with Gasteiger partial charge in [0.05, 0.1) is 11.1 Å². The van der Waals surface area contributed by atoms with Crippen LogP contribution in [0.15, 0.2) is 28.7 Å². The first-order valence-electron chi connectivity index (χ1n) is 6.35. The number of halogens is 1. The minimum Gasteiger partial charge on any atom is -0.339 e. The molecule has 0 radical (unpaired) electrons. The summed E-state index contributed by atoms with van der Waals surface area (Å²) in [6.45, 7) is 4.10. The van der Waals surface area contributed by atoms with E-state index in [1.54, 1.807) is 11.3 Å². The van der Waals surface area contributed by atoms with E-state index in [1.807, 2.05) is 19.1 Å². The minimum atomic E-state index is 0.398. The van der Waals surface area contributed by atoms with Crippen molar-refractivity contribution in [2.24, 2.45) is 5.84 Å². The number of nitrogens with zero attached hydrogens (tertiary/aromatic N) is 2. The summed E-state index contributed by atoms with van der Waals surface area (Å²) in [5.74, 6) is 6.59. The van der Waals surface area contributed by atoms with Gasteiger partial charge >= 0.3 is 0 Å². The Hall–Kier alpha value is -1.70. The third kappa shape index (κ3) is 2.85. The summed E-state index contributed by atoms with van der Waals surface area (Å²) in [6, 6.07) is 8.20. The van der Waals surface area contributed by atoms with Crippen LogP contribution in [0.4, 0.5) is 17.5 Å². The number of nitrogen functional groups attached to an aromatic ring is 1. The van der Waals surface area contributed by atoms with Crippen molar-refractivity contribution in [1.29, 1.82) is 0 Å². The van der Waals surface area contributed by atoms with Gasteiger partial charge in [-0.1, -0.05) is 6.07 Å². The van der Waals surface area contributed by atoms with E-state index < -0.39 is 0 Å². The number of benzene rings is 1. The maximum Gasteiger partial charge on any atom is 0.240 e. The molecular weight excluding hydrogens is 350 g/mol. The molecule has 0 unspecified atom stereocenters. The van der Waals surface area contributed by atoms with Crippen LogP contribution in [-0.2, 0) is 0 Å². The lowest BCUT2D eigenvalue weighted by molar-refractivity contribution is 1.16. The van der Waals surface area contributed by atoms with Gasteiger partial charge < -0.3 is 5.32 Å². The van der Waals surface area contributed by atoms with Crippen molar-refractivity contribution in [3.05, 3.63) is 39.2 Å². The van der Waals surface area contributed by atoms with Crippen LogP contribution in [0.3, 0.4) is 0 Å². The van der Waals surface area contributed by atoms with E-state index in [2.05, 4.69) is 55.7 Å². The fraction of sp³-hybridized carbons (Fsp3) is 0.143. The molecule has 2 heterocycles. The zero-order chi connectivity index (χ0) is 15.0. The van der Waals surface area contributed by atoms with Gasteiger partial charge in [-0.2, -0.15) is 4.98 Å². The number of nitrogens with one attached hydrogen (secondary N) is 2. The zero-order valence-corrected chi connectivity index (χ0v) is 14.0. The van der Waals surface area contributed by atoms with Crippen LogP contribution in [0.25, 0.3) is 10.2 Å². The minimum absolute atomic E-state index is 0.398. The van der Waals surface area contributed by atoms with E-state index in [4.69, 9.17) is 5.84 Å². The molecule has 5 nitrogen and oxygen atoms in total. The van der Waals surface area contributed by atoms with Crippen molar-refractivity contribution in [2.75, 3.05) is 10.7 Å². The first kappa shape index (κ1) is 14.2. The van der Waals surface area contributed by atoms with Crippen molar-refractivity contribution in [2.45, 2.75) is 13.8 Å². The predicted octanol–water partition coefficient (Wildman–Crippen LogP) is 4.10. The maximum atomic E-state index is 5.45. The quantitative estimate of drug-likeness (QED) is 0.482. The molecule has 0 saturated heterocycles. The van der Waals surface area contributed by atoms with Gasteiger partial charge in [0.1, 0.15) is 10.6 Å². The molecular formula is C14H14BrN5S. The summed E-state index contributed by atoms with van der Waals surface area (Å²) in [6.07, 6.45) is 0. The number of hydrogen-bond donors (Lipinski definition) is 3. The summed E-state index contributed by atoms with van der Waals surface area (Å²) in [4.78, 5) is 10.9. The predicted molar refractivity (Wildman–Crippen MR) is 92.1 cm³/mol. The number of nitrogens with two attached hydrogens (primary N) is 1. The molecule has 108 valence electrons. The number of fused-ring (bicyclic) bond motifs is 1. The lowest BCUT2D eigenvalue weighted by Crippen LogP contribution is -2.11. The lowest BCUT2D eigenvalue weighted by atomic mass is 10.2. The number of anilines is 3. The summed E-state index contributed by atoms with van der Waals surface area (Å²) >= 11 is 5.18. The number of aryl methyl sites for hydroxylation is 2. The Labute approximate surface area is 134 Å². The number of thiophene rings is 1. The SMILES string of the molecule is Cc1ccc(Nc2nc(NN)nc3sc(C)cc23)c(Br)c1. The second kappa shape index (κ2) is 5.59. The molecule has 2 aromatic heterocycles. The molecule has 0 fully saturated rings. The fourth-order valence-electron chi connectivity index (χ4n) is 2.05. The monoisotopic (exact) mass is 363 g/mol. The highest BCUT2D eigenvalue weighted by Crippen LogP contribution is 2.33. The Morgan fingerprint density at radius 3 is 2.71 bits per heavy atom. The molecule has 7 heteroatoms. The Bertz CT molecular complexity index is 814. The van der Waals surface area contributed by atoms with Gasteiger partial charge in [-0.25, -0.2) is 10.8 Å². The van der Waals surface area contributed by atoms with Crippen LogP contribution < -0.4 is 16.6 Å². The van der Waals surface area contributed by atoms with Gasteiger partial charge in [0.15, 0.2) is 0 Å². The molecule has 0 aliphatic rings. The highest BCUT2D eigenvalue weighted by atomic mass is 79.9. The van der Waals surface area contributed by atoms with Gasteiger partial charge in [-0.15, -0.1) is 11.3 Å². The van der Waals surface area contributed by atoms with E-state index in [9.17, 15) is 0 Å². The molecule has 4 N–H and O–H groups in total. The average molecular weight is 364 g/mol. The van der Waals surface area contributed by atoms with Gasteiger partial charge in [0.2, 0.25) is 5.95 Å². The fourth-order valence-corrected chi connectivity index (χ4v) is 3.52. The molecule has 3 rings (SSSR count). The van der Waals surface area contributed by atoms with Crippen molar-refractivity contribution in [1.82, 2.24) is 9.97 Å². The molecule has 0 atom stereocenters. The van der Waals surface area contributed by atoms with E-state index in [1.165, 1.54) is 10.4 Å². The lowest BCUT2D eigenvalue weighted by Gasteiger charge is -2.10. The summed E-state index contributed by atoms with van der Waals surface area (Å²) in [5.41, 5.74) is 4.65. The van der Waals surface area contributed by atoms with Crippen LogP contribution >= 0.6 is 27.3 Å². The normalized spacial score (nSPS) is 10.9. The summed E-state index contributed by atoms with van der Waals surface area (Å²) < 4.78 is 0.989. The number of aromatic nitrogens is 2. The van der Waals surface area contributed by atoms with Crippen molar-refractivity contribution in [3.8, 4) is 0 Å². The standard InChI is InChI=1S/C14H14BrN5S/c1-7-3-4-11(10(15)5-7)17-12-9-6-8(2)21-13(9)19-14(18-12)20-16/h3-6H,16H2,1-2H3,(H2,17,18,19,20). The third-order valence-electron chi connectivity index (χ3n) is 3.02. The average Bonchev–Trinajstić information content (AvgIpc) is 2.82. The summed E-state index contributed by atoms with van der Waals surface area (Å²) in [7, 11) is 0. The Balaban J connectivity index is 2.10. The third-order valence-corrected chi connectivity index (χ3v) is 4.62. The van der Waals surface area contributed by atoms with Crippen molar-refractivity contribution < 1.29 is 0 Å². The Kier molecular flexibility index (Phi) is 3.79. The summed E-state index contributed by atoms with van der Waals surface area (Å²) in [5, 5.41) is 4.33. The van der Waals surface area contributed by atoms with E-state index in [-0.39, 0.29) is 0 Å². The highest BCUT2D eigenvalue weighted by Gasteiger charge is 2.11. The maximum absolute atomic E-state index is 5.45. The topological polar surface area (TPSA) is 75.9 Å². The van der Waals surface area contributed by atoms with Gasteiger partial charge in [-0.05, 0) is 53.5 Å². The Morgan fingerprint density at radius 2 is 2.00 bits per heavy atom. The van der Waals surface area contributed by atoms with Gasteiger partial charge in [0, 0.05) is 9.35 Å². The van der Waals surface area contributed by atoms with E-state index in [0.29, 0.717) is 5.95 Å². The van der Waals surface area contributed by atoms with Crippen LogP contribution in [0.1, 0.15) is 10.4 Å². The highest BCUT2D eigenvalue weighted by molar-refractivity contribution is 9.10. The number of hydrazine groups is 1. The van der Waals surface area contributed by atoms with E-state index >= 15 is 0 Å². The molecule has 1 aromatic carbocycles. The molecule has 21 heavy (non-hydrogen) atoms. The van der Waals surface area contributed by atoms with Crippen molar-refractivity contribution >= 4 is 54.9 Å². The second-order valence-corrected chi connectivity index (χ2v) is 6.81. The largest absolute Gasteiger partial charge is 0.339 e. The molecule has 0 bridgehead atoms. The first-order chi connectivity index (χ1) is 10.1. The van der Waals surface area contributed by atoms with Crippen LogP contribution in [0, 0.1) is 13.8 Å². The van der Waals surface area contributed by atoms with E-state index in [0.717, 1.165) is 26.2 Å². The smallest absolute Gasteiger partial charge is 0.240 e. The van der Waals surface area contributed by atoms with Crippen LogP contribution in [-0.4, -0.2) is 9.97 Å². The first-order valence-corrected chi connectivity index (χ1v) is 7.96. The van der Waals surface area contributed by atoms with Crippen molar-refractivity contribution in [3.63, 3.8) is 0 Å². The number of hydrogen-bond acceptors (Lipinski definition) is 6.